The van der Waals surface area contributed by atoms with Crippen molar-refractivity contribution in [2.24, 2.45) is 7.05 Å². The lowest BCUT2D eigenvalue weighted by Crippen LogP contribution is -2.36. The Hall–Kier alpha value is -3.06. The van der Waals surface area contributed by atoms with E-state index in [4.69, 9.17) is 0 Å². The van der Waals surface area contributed by atoms with Crippen molar-refractivity contribution in [3.8, 4) is 0 Å². The number of nitrogens with zero attached hydrogens (tertiary/aromatic N) is 4. The number of carbonyl (C=O) groups is 1. The van der Waals surface area contributed by atoms with Crippen molar-refractivity contribution in [3.05, 3.63) is 64.4 Å². The minimum Gasteiger partial charge on any atom is -0.388 e. The largest absolute Gasteiger partial charge is 0.388 e. The topological polar surface area (TPSA) is 69.2 Å². The molecule has 1 aliphatic heterocycles. The van der Waals surface area contributed by atoms with Crippen LogP contribution in [0.2, 0.25) is 0 Å². The third kappa shape index (κ3) is 4.82. The summed E-state index contributed by atoms with van der Waals surface area (Å²) in [6.07, 6.45) is 5.95. The number of nitrogens with one attached hydrogen (secondary N) is 2. The van der Waals surface area contributed by atoms with Crippen molar-refractivity contribution in [1.82, 2.24) is 29.9 Å². The van der Waals surface area contributed by atoms with E-state index in [-0.39, 0.29) is 5.91 Å². The molecule has 0 bridgehead atoms. The second-order valence-corrected chi connectivity index (χ2v) is 8.16. The van der Waals surface area contributed by atoms with Crippen LogP contribution in [0.1, 0.15) is 46.9 Å². The van der Waals surface area contributed by atoms with Gasteiger partial charge in [0.05, 0.1) is 23.1 Å². The zero-order valence-corrected chi connectivity index (χ0v) is 19.5. The Kier molecular flexibility index (Phi) is 6.85. The van der Waals surface area contributed by atoms with E-state index < -0.39 is 0 Å². The molecule has 0 saturated carbocycles. The first-order valence-corrected chi connectivity index (χ1v) is 10.7. The van der Waals surface area contributed by atoms with E-state index in [0.29, 0.717) is 12.1 Å². The van der Waals surface area contributed by atoms with Gasteiger partial charge in [0, 0.05) is 57.7 Å². The zero-order chi connectivity index (χ0) is 22.7. The molecule has 2 N–H and O–H groups in total. The number of likely N-dealkylation sites (N-methyl/N-ethyl adjacent to an activating group) is 3. The molecule has 0 aromatic carbocycles. The minimum atomic E-state index is 0.0178. The Labute approximate surface area is 185 Å². The number of amides is 1. The number of fused-ring (bicyclic) bond motifs is 2. The molecule has 0 atom stereocenters. The number of rotatable bonds is 2. The van der Waals surface area contributed by atoms with Crippen LogP contribution in [-0.4, -0.2) is 64.2 Å². The summed E-state index contributed by atoms with van der Waals surface area (Å²) in [5.41, 5.74) is 7.50. The van der Waals surface area contributed by atoms with Gasteiger partial charge in [-0.2, -0.15) is 5.10 Å². The summed E-state index contributed by atoms with van der Waals surface area (Å²) in [4.78, 5) is 20.7. The predicted molar refractivity (Wildman–Crippen MR) is 126 cm³/mol. The minimum absolute atomic E-state index is 0.0178. The predicted octanol–water partition coefficient (Wildman–Crippen LogP) is 3.18. The maximum Gasteiger partial charge on any atom is 0.255 e. The van der Waals surface area contributed by atoms with Crippen LogP contribution < -0.4 is 5.32 Å². The Balaban J connectivity index is 2.14. The molecular weight excluding hydrogens is 388 g/mol. The number of aromatic nitrogens is 3. The number of H-pyrrole nitrogens is 1. The number of aryl methyl sites for hydroxylation is 2. The summed E-state index contributed by atoms with van der Waals surface area (Å²) in [5, 5.41) is 7.75. The molecule has 2 aromatic heterocycles. The van der Waals surface area contributed by atoms with Crippen LogP contribution in [0.25, 0.3) is 11.6 Å². The summed E-state index contributed by atoms with van der Waals surface area (Å²) in [6, 6.07) is 1.92. The highest BCUT2D eigenvalue weighted by atomic mass is 16.2. The second-order valence-electron chi connectivity index (χ2n) is 8.16. The van der Waals surface area contributed by atoms with Gasteiger partial charge >= 0.3 is 0 Å². The molecule has 1 aliphatic rings. The molecule has 2 aromatic rings. The molecule has 3 heterocycles. The smallest absolute Gasteiger partial charge is 0.255 e. The number of hydrogen-bond acceptors (Lipinski definition) is 4. The average molecular weight is 423 g/mol. The number of carbonyl (C=O) groups excluding carboxylic acids is 1. The van der Waals surface area contributed by atoms with E-state index in [0.717, 1.165) is 59.1 Å². The van der Waals surface area contributed by atoms with Crippen LogP contribution in [-0.2, 0) is 13.6 Å². The van der Waals surface area contributed by atoms with Crippen molar-refractivity contribution in [1.29, 1.82) is 0 Å². The lowest BCUT2D eigenvalue weighted by Gasteiger charge is -2.25. The number of allylic oxidation sites excluding steroid dienone is 3. The number of aromatic amines is 1. The highest BCUT2D eigenvalue weighted by Crippen LogP contribution is 2.24. The molecule has 3 rings (SSSR count). The van der Waals surface area contributed by atoms with Crippen LogP contribution >= 0.6 is 0 Å². The molecule has 0 radical (unpaired) electrons. The molecule has 7 heteroatoms. The monoisotopic (exact) mass is 422 g/mol. The lowest BCUT2D eigenvalue weighted by atomic mass is 10.0. The van der Waals surface area contributed by atoms with E-state index in [1.54, 1.807) is 4.90 Å². The summed E-state index contributed by atoms with van der Waals surface area (Å²) >= 11 is 0. The SMILES string of the molecule is C=C1/C=C(C)/C(NC)=C/c2[nH]c(C)cc2C(=O)N(C)CCN(CC)Cc2c1cnn2C. The van der Waals surface area contributed by atoms with Gasteiger partial charge < -0.3 is 15.2 Å². The van der Waals surface area contributed by atoms with Gasteiger partial charge in [-0.15, -0.1) is 0 Å². The maximum absolute atomic E-state index is 13.2. The van der Waals surface area contributed by atoms with Gasteiger partial charge in [0.2, 0.25) is 0 Å². The van der Waals surface area contributed by atoms with E-state index in [1.165, 1.54) is 0 Å². The standard InChI is InChI=1S/C24H34N6O/c1-8-30-10-9-28(6)24(31)19-12-18(4)27-22(19)13-21(25-5)17(3)11-16(2)20-14-26-29(7)23(20)15-30/h11-14,25,27H,2,8-10,15H2,1,3-7H3/b17-11+,21-13-. The van der Waals surface area contributed by atoms with Crippen LogP contribution in [0, 0.1) is 6.92 Å². The van der Waals surface area contributed by atoms with Gasteiger partial charge in [-0.1, -0.05) is 13.5 Å². The molecule has 7 nitrogen and oxygen atoms in total. The average Bonchev–Trinajstić information content (AvgIpc) is 3.29. The Morgan fingerprint density at radius 2 is 1.94 bits per heavy atom. The highest BCUT2D eigenvalue weighted by molar-refractivity contribution is 5.97. The Bertz CT molecular complexity index is 1040. The first kappa shape index (κ1) is 22.6. The van der Waals surface area contributed by atoms with Crippen molar-refractivity contribution < 1.29 is 4.79 Å². The summed E-state index contributed by atoms with van der Waals surface area (Å²) in [6.45, 7) is 13.5. The quantitative estimate of drug-likeness (QED) is 0.780. The zero-order valence-electron chi connectivity index (χ0n) is 19.5. The molecular formula is C24H34N6O. The molecule has 0 unspecified atom stereocenters. The van der Waals surface area contributed by atoms with Gasteiger partial charge in [-0.25, -0.2) is 0 Å². The van der Waals surface area contributed by atoms with E-state index >= 15 is 0 Å². The third-order valence-electron chi connectivity index (χ3n) is 5.91. The van der Waals surface area contributed by atoms with Crippen molar-refractivity contribution in [3.63, 3.8) is 0 Å². The van der Waals surface area contributed by atoms with E-state index in [2.05, 4.69) is 39.9 Å². The van der Waals surface area contributed by atoms with Crippen molar-refractivity contribution in [2.45, 2.75) is 27.3 Å². The van der Waals surface area contributed by atoms with Gasteiger partial charge in [0.15, 0.2) is 0 Å². The summed E-state index contributed by atoms with van der Waals surface area (Å²) in [7, 11) is 5.72. The normalized spacial score (nSPS) is 20.1. The molecule has 31 heavy (non-hydrogen) atoms. The van der Waals surface area contributed by atoms with Crippen LogP contribution in [0.3, 0.4) is 0 Å². The van der Waals surface area contributed by atoms with Crippen LogP contribution in [0.15, 0.2) is 36.2 Å². The molecule has 0 fully saturated rings. The van der Waals surface area contributed by atoms with Crippen LogP contribution in [0.4, 0.5) is 0 Å². The Morgan fingerprint density at radius 3 is 2.61 bits per heavy atom. The molecule has 0 saturated heterocycles. The van der Waals surface area contributed by atoms with Crippen LogP contribution in [0.5, 0.6) is 0 Å². The first-order valence-electron chi connectivity index (χ1n) is 10.7. The van der Waals surface area contributed by atoms with Gasteiger partial charge in [-0.3, -0.25) is 14.4 Å². The lowest BCUT2D eigenvalue weighted by molar-refractivity contribution is 0.0776. The van der Waals surface area contributed by atoms with Gasteiger partial charge in [0.1, 0.15) is 0 Å². The fraction of sp³-hybridized carbons (Fsp3) is 0.417. The highest BCUT2D eigenvalue weighted by Gasteiger charge is 2.20. The number of hydrogen-bond donors (Lipinski definition) is 2. The molecule has 166 valence electrons. The van der Waals surface area contributed by atoms with E-state index in [1.807, 2.05) is 58.0 Å². The fourth-order valence-electron chi connectivity index (χ4n) is 3.92. The maximum atomic E-state index is 13.2. The van der Waals surface area contributed by atoms with Crippen molar-refractivity contribution >= 4 is 17.6 Å². The van der Waals surface area contributed by atoms with E-state index in [9.17, 15) is 4.79 Å². The summed E-state index contributed by atoms with van der Waals surface area (Å²) in [5.74, 6) is 0.0178. The Morgan fingerprint density at radius 1 is 1.19 bits per heavy atom. The third-order valence-corrected chi connectivity index (χ3v) is 5.91. The van der Waals surface area contributed by atoms with Gasteiger partial charge in [-0.05, 0) is 49.8 Å². The molecule has 0 spiro atoms. The molecule has 0 aliphatic carbocycles. The first-order chi connectivity index (χ1) is 14.7. The van der Waals surface area contributed by atoms with Gasteiger partial charge in [0.25, 0.3) is 5.91 Å². The fourth-order valence-corrected chi connectivity index (χ4v) is 3.92. The van der Waals surface area contributed by atoms with Crippen molar-refractivity contribution in [2.75, 3.05) is 33.7 Å². The summed E-state index contributed by atoms with van der Waals surface area (Å²) < 4.78 is 1.92. The second kappa shape index (κ2) is 9.39. The molecule has 1 amide bonds.